The number of hydrogen-bond donors (Lipinski definition) is 1. The van der Waals surface area contributed by atoms with Crippen molar-refractivity contribution in [3.8, 4) is 5.69 Å². The number of aromatic nitrogens is 3. The molecule has 30 heavy (non-hydrogen) atoms. The van der Waals surface area contributed by atoms with E-state index in [-0.39, 0.29) is 17.6 Å². The Hall–Kier alpha value is -2.58. The van der Waals surface area contributed by atoms with Gasteiger partial charge in [-0.15, -0.1) is 0 Å². The quantitative estimate of drug-likeness (QED) is 0.487. The number of hydrogen-bond acceptors (Lipinski definition) is 4. The molecule has 3 aromatic rings. The summed E-state index contributed by atoms with van der Waals surface area (Å²) in [4.78, 5) is 17.9. The van der Waals surface area contributed by atoms with Gasteiger partial charge in [-0.05, 0) is 35.7 Å². The number of carbonyl (C=O) groups is 1. The fraction of sp³-hybridized carbons (Fsp3) is 0.286. The molecule has 1 aromatic carbocycles. The molecule has 0 unspecified atom stereocenters. The van der Waals surface area contributed by atoms with Gasteiger partial charge in [0.25, 0.3) is 0 Å². The number of para-hydroxylation sites is 1. The topological polar surface area (TPSA) is 71.2 Å². The second-order valence-electron chi connectivity index (χ2n) is 7.96. The van der Waals surface area contributed by atoms with Gasteiger partial charge in [-0.2, -0.15) is 5.10 Å². The zero-order valence-corrected chi connectivity index (χ0v) is 18.4. The molecule has 2 aromatic heterocycles. The normalized spacial score (nSPS) is 11.5. The van der Waals surface area contributed by atoms with Gasteiger partial charge in [0.15, 0.2) is 0 Å². The number of benzene rings is 1. The third kappa shape index (κ3) is 5.73. The van der Waals surface area contributed by atoms with E-state index in [0.717, 1.165) is 4.90 Å². The van der Waals surface area contributed by atoms with Crippen molar-refractivity contribution in [3.63, 3.8) is 0 Å². The number of amides is 1. The molecule has 0 aliphatic carbocycles. The minimum Gasteiger partial charge on any atom is -0.465 e. The standard InChI is InChI=1S/C21H22ClFN4O2S/c1-21(2,3)13-26(20(28)29)12-14-10-19(30-15-8-9-18(22)24-11-15)27(25-14)17-7-5-4-6-16(17)23/h4-11H,12-13H2,1-3H3,(H,28,29). The zero-order chi connectivity index (χ0) is 21.9. The Bertz CT molecular complexity index is 1030. The maximum absolute atomic E-state index is 14.5. The van der Waals surface area contributed by atoms with E-state index in [4.69, 9.17) is 11.6 Å². The number of carboxylic acid groups (broad SMARTS) is 1. The molecule has 0 aliphatic heterocycles. The fourth-order valence-electron chi connectivity index (χ4n) is 2.86. The SMILES string of the molecule is CC(C)(C)CN(Cc1cc(Sc2ccc(Cl)nc2)n(-c2ccccc2F)n1)C(=O)O. The van der Waals surface area contributed by atoms with Crippen LogP contribution in [-0.4, -0.2) is 37.4 Å². The first kappa shape index (κ1) is 22.1. The molecule has 0 saturated heterocycles. The molecule has 2 heterocycles. The lowest BCUT2D eigenvalue weighted by molar-refractivity contribution is 0.122. The summed E-state index contributed by atoms with van der Waals surface area (Å²) in [7, 11) is 0. The van der Waals surface area contributed by atoms with E-state index in [2.05, 4.69) is 10.1 Å². The summed E-state index contributed by atoms with van der Waals surface area (Å²) in [6.07, 6.45) is 0.593. The van der Waals surface area contributed by atoms with Crippen molar-refractivity contribution >= 4 is 29.5 Å². The number of nitrogens with zero attached hydrogens (tertiary/aromatic N) is 4. The van der Waals surface area contributed by atoms with E-state index in [9.17, 15) is 14.3 Å². The molecular formula is C21H22ClFN4O2S. The molecule has 3 rings (SSSR count). The molecule has 1 N–H and O–H groups in total. The summed E-state index contributed by atoms with van der Waals surface area (Å²) >= 11 is 7.20. The van der Waals surface area contributed by atoms with Crippen LogP contribution in [0.2, 0.25) is 5.15 Å². The van der Waals surface area contributed by atoms with Crippen LogP contribution in [0, 0.1) is 11.2 Å². The van der Waals surface area contributed by atoms with Crippen molar-refractivity contribution in [3.05, 3.63) is 65.3 Å². The number of halogens is 2. The van der Waals surface area contributed by atoms with Crippen molar-refractivity contribution in [1.29, 1.82) is 0 Å². The molecule has 0 aliphatic rings. The predicted octanol–water partition coefficient (Wildman–Crippen LogP) is 5.74. The Kier molecular flexibility index (Phi) is 6.67. The fourth-order valence-corrected chi connectivity index (χ4v) is 3.87. The smallest absolute Gasteiger partial charge is 0.407 e. The van der Waals surface area contributed by atoms with Gasteiger partial charge >= 0.3 is 6.09 Å². The van der Waals surface area contributed by atoms with E-state index in [1.807, 2.05) is 26.8 Å². The third-order valence-electron chi connectivity index (χ3n) is 4.02. The molecule has 0 atom stereocenters. The molecule has 158 valence electrons. The number of rotatable bonds is 6. The monoisotopic (exact) mass is 448 g/mol. The maximum atomic E-state index is 14.5. The molecule has 0 radical (unpaired) electrons. The first-order valence-corrected chi connectivity index (χ1v) is 10.4. The minimum absolute atomic E-state index is 0.0977. The third-order valence-corrected chi connectivity index (χ3v) is 5.22. The van der Waals surface area contributed by atoms with Crippen LogP contribution in [0.25, 0.3) is 5.69 Å². The Balaban J connectivity index is 1.98. The average Bonchev–Trinajstić information content (AvgIpc) is 3.04. The van der Waals surface area contributed by atoms with Crippen LogP contribution in [0.5, 0.6) is 0 Å². The van der Waals surface area contributed by atoms with Gasteiger partial charge in [0.05, 0.1) is 12.2 Å². The van der Waals surface area contributed by atoms with E-state index in [0.29, 0.717) is 22.4 Å². The highest BCUT2D eigenvalue weighted by molar-refractivity contribution is 7.99. The van der Waals surface area contributed by atoms with Crippen LogP contribution >= 0.6 is 23.4 Å². The van der Waals surface area contributed by atoms with Gasteiger partial charge in [0, 0.05) is 17.6 Å². The Morgan fingerprint density at radius 2 is 2.00 bits per heavy atom. The van der Waals surface area contributed by atoms with Crippen molar-refractivity contribution in [2.75, 3.05) is 6.54 Å². The van der Waals surface area contributed by atoms with Crippen LogP contribution in [-0.2, 0) is 6.54 Å². The van der Waals surface area contributed by atoms with E-state index >= 15 is 0 Å². The van der Waals surface area contributed by atoms with Gasteiger partial charge in [-0.25, -0.2) is 18.9 Å². The molecule has 0 bridgehead atoms. The molecule has 9 heteroatoms. The molecule has 0 saturated carbocycles. The average molecular weight is 449 g/mol. The summed E-state index contributed by atoms with van der Waals surface area (Å²) in [5.74, 6) is -0.423. The van der Waals surface area contributed by atoms with Crippen LogP contribution in [0.1, 0.15) is 26.5 Å². The highest BCUT2D eigenvalue weighted by Gasteiger charge is 2.23. The zero-order valence-electron chi connectivity index (χ0n) is 16.8. The number of pyridine rings is 1. The second kappa shape index (κ2) is 9.06. The summed E-state index contributed by atoms with van der Waals surface area (Å²) in [6.45, 7) is 6.35. The largest absolute Gasteiger partial charge is 0.465 e. The molecule has 1 amide bonds. The van der Waals surface area contributed by atoms with Crippen molar-refractivity contribution in [1.82, 2.24) is 19.7 Å². The first-order chi connectivity index (χ1) is 14.1. The maximum Gasteiger partial charge on any atom is 0.407 e. The Morgan fingerprint density at radius 3 is 2.60 bits per heavy atom. The molecular weight excluding hydrogens is 427 g/mol. The second-order valence-corrected chi connectivity index (χ2v) is 9.44. The summed E-state index contributed by atoms with van der Waals surface area (Å²) in [5.41, 5.74) is 0.596. The summed E-state index contributed by atoms with van der Waals surface area (Å²) in [5, 5.41) is 15.1. The van der Waals surface area contributed by atoms with Crippen molar-refractivity contribution < 1.29 is 14.3 Å². The van der Waals surface area contributed by atoms with Crippen molar-refractivity contribution in [2.24, 2.45) is 5.41 Å². The van der Waals surface area contributed by atoms with Crippen molar-refractivity contribution in [2.45, 2.75) is 37.2 Å². The Labute approximate surface area is 183 Å². The molecule has 6 nitrogen and oxygen atoms in total. The minimum atomic E-state index is -1.03. The molecule has 0 fully saturated rings. The Morgan fingerprint density at radius 1 is 1.27 bits per heavy atom. The van der Waals surface area contributed by atoms with E-state index < -0.39 is 11.9 Å². The van der Waals surface area contributed by atoms with Gasteiger partial charge in [-0.3, -0.25) is 0 Å². The van der Waals surface area contributed by atoms with E-state index in [1.165, 1.54) is 27.4 Å². The van der Waals surface area contributed by atoms with Gasteiger partial charge in [0.2, 0.25) is 0 Å². The summed E-state index contributed by atoms with van der Waals surface area (Å²) < 4.78 is 16.0. The molecule has 0 spiro atoms. The van der Waals surface area contributed by atoms with Crippen LogP contribution in [0.4, 0.5) is 9.18 Å². The van der Waals surface area contributed by atoms with Crippen LogP contribution < -0.4 is 0 Å². The van der Waals surface area contributed by atoms with Gasteiger partial charge < -0.3 is 10.0 Å². The summed E-state index contributed by atoms with van der Waals surface area (Å²) in [6, 6.07) is 11.6. The van der Waals surface area contributed by atoms with Crippen LogP contribution in [0.15, 0.2) is 58.6 Å². The van der Waals surface area contributed by atoms with E-state index in [1.54, 1.807) is 36.5 Å². The lowest BCUT2D eigenvalue weighted by Gasteiger charge is -2.27. The highest BCUT2D eigenvalue weighted by Crippen LogP contribution is 2.31. The van der Waals surface area contributed by atoms with Crippen LogP contribution in [0.3, 0.4) is 0 Å². The lowest BCUT2D eigenvalue weighted by Crippen LogP contribution is -2.36. The highest BCUT2D eigenvalue weighted by atomic mass is 35.5. The lowest BCUT2D eigenvalue weighted by atomic mass is 9.96. The predicted molar refractivity (Wildman–Crippen MR) is 115 cm³/mol. The van der Waals surface area contributed by atoms with Gasteiger partial charge in [-0.1, -0.05) is 56.3 Å². The first-order valence-electron chi connectivity index (χ1n) is 9.23. The van der Waals surface area contributed by atoms with Gasteiger partial charge in [0.1, 0.15) is 21.7 Å².